The van der Waals surface area contributed by atoms with E-state index in [1.54, 1.807) is 24.6 Å². The Balaban J connectivity index is 1.67. The maximum atomic E-state index is 13.7. The zero-order valence-corrected chi connectivity index (χ0v) is 17.1. The average molecular weight is 422 g/mol. The van der Waals surface area contributed by atoms with E-state index in [0.29, 0.717) is 34.8 Å². The third-order valence-corrected chi connectivity index (χ3v) is 4.87. The molecule has 0 spiro atoms. The van der Waals surface area contributed by atoms with E-state index in [9.17, 15) is 14.0 Å². The van der Waals surface area contributed by atoms with Gasteiger partial charge in [0.05, 0.1) is 33.8 Å². The fraction of sp³-hybridized carbons (Fsp3) is 0.190. The van der Waals surface area contributed by atoms with Gasteiger partial charge in [0.15, 0.2) is 5.76 Å². The molecule has 0 saturated carbocycles. The maximum Gasteiger partial charge on any atom is 0.274 e. The Morgan fingerprint density at radius 3 is 2.65 bits per heavy atom. The van der Waals surface area contributed by atoms with E-state index in [1.165, 1.54) is 18.2 Å². The summed E-state index contributed by atoms with van der Waals surface area (Å²) < 4.78 is 20.6. The lowest BCUT2D eigenvalue weighted by molar-refractivity contribution is 0.100. The Morgan fingerprint density at radius 2 is 1.97 bits per heavy atom. The van der Waals surface area contributed by atoms with Crippen LogP contribution in [0.3, 0.4) is 0 Å². The van der Waals surface area contributed by atoms with Gasteiger partial charge in [0.2, 0.25) is 5.91 Å². The quantitative estimate of drug-likeness (QED) is 0.509. The summed E-state index contributed by atoms with van der Waals surface area (Å²) in [5, 5.41) is 11.4. The van der Waals surface area contributed by atoms with Gasteiger partial charge in [-0.05, 0) is 39.0 Å². The van der Waals surface area contributed by atoms with Gasteiger partial charge in [-0.1, -0.05) is 5.16 Å². The van der Waals surface area contributed by atoms with E-state index in [0.717, 1.165) is 11.8 Å². The molecule has 0 aliphatic carbocycles. The van der Waals surface area contributed by atoms with Crippen molar-refractivity contribution in [3.8, 4) is 0 Å². The van der Waals surface area contributed by atoms with Crippen LogP contribution < -0.4 is 11.1 Å². The lowest BCUT2D eigenvalue weighted by Gasteiger charge is -2.09. The van der Waals surface area contributed by atoms with Crippen molar-refractivity contribution in [3.05, 3.63) is 70.2 Å². The summed E-state index contributed by atoms with van der Waals surface area (Å²) in [6.07, 6.45) is 0. The number of hydrogen-bond donors (Lipinski definition) is 2. The zero-order chi connectivity index (χ0) is 22.3. The highest BCUT2D eigenvalue weighted by molar-refractivity contribution is 6.10. The van der Waals surface area contributed by atoms with Crippen molar-refractivity contribution in [2.75, 3.05) is 5.32 Å². The fourth-order valence-corrected chi connectivity index (χ4v) is 3.37. The van der Waals surface area contributed by atoms with E-state index in [-0.39, 0.29) is 16.8 Å². The van der Waals surface area contributed by atoms with Gasteiger partial charge in [-0.2, -0.15) is 5.10 Å². The molecule has 0 fully saturated rings. The van der Waals surface area contributed by atoms with Crippen molar-refractivity contribution in [2.45, 2.75) is 27.3 Å². The minimum atomic E-state index is -0.740. The van der Waals surface area contributed by atoms with E-state index >= 15 is 0 Å². The van der Waals surface area contributed by atoms with Crippen LogP contribution in [-0.4, -0.2) is 31.7 Å². The van der Waals surface area contributed by atoms with Crippen molar-refractivity contribution in [1.29, 1.82) is 0 Å². The third-order valence-electron chi connectivity index (χ3n) is 4.87. The molecule has 2 amide bonds. The Kier molecular flexibility index (Phi) is 4.97. The van der Waals surface area contributed by atoms with Crippen molar-refractivity contribution in [3.63, 3.8) is 0 Å². The molecule has 3 aromatic heterocycles. The van der Waals surface area contributed by atoms with Crippen LogP contribution in [0.1, 0.15) is 43.7 Å². The smallest absolute Gasteiger partial charge is 0.274 e. The molecule has 3 heterocycles. The molecule has 0 aliphatic heterocycles. The second-order valence-corrected chi connectivity index (χ2v) is 7.17. The van der Waals surface area contributed by atoms with Gasteiger partial charge >= 0.3 is 0 Å². The summed E-state index contributed by atoms with van der Waals surface area (Å²) in [7, 11) is 0. The molecule has 0 unspecified atom stereocenters. The summed E-state index contributed by atoms with van der Waals surface area (Å²) in [5.41, 5.74) is 8.17. The van der Waals surface area contributed by atoms with Gasteiger partial charge in [-0.15, -0.1) is 0 Å². The molecule has 10 heteroatoms. The minimum Gasteiger partial charge on any atom is -0.366 e. The van der Waals surface area contributed by atoms with Crippen LogP contribution in [0.2, 0.25) is 0 Å². The Labute approximate surface area is 176 Å². The largest absolute Gasteiger partial charge is 0.366 e. The lowest BCUT2D eigenvalue weighted by Crippen LogP contribution is -2.18. The van der Waals surface area contributed by atoms with E-state index in [1.807, 2.05) is 6.92 Å². The number of amides is 2. The number of anilines is 1. The van der Waals surface area contributed by atoms with E-state index < -0.39 is 17.6 Å². The third kappa shape index (κ3) is 3.87. The Hall–Kier alpha value is -4.08. The van der Waals surface area contributed by atoms with Crippen LogP contribution in [-0.2, 0) is 6.54 Å². The number of fused-ring (bicyclic) bond motifs is 1. The standard InChI is InChI=1S/C21H19FN6O3/c1-10-6-14(31-27-10)9-28-12(3)19(11(2)26-28)25-21(30)18-8-16(20(23)29)15-5-4-13(22)7-17(15)24-18/h4-8H,9H2,1-3H3,(H2,23,29)(H,25,30). The van der Waals surface area contributed by atoms with Crippen LogP contribution in [0.5, 0.6) is 0 Å². The van der Waals surface area contributed by atoms with Crippen LogP contribution >= 0.6 is 0 Å². The molecule has 1 aromatic carbocycles. The normalized spacial score (nSPS) is 11.1. The number of rotatable bonds is 5. The summed E-state index contributed by atoms with van der Waals surface area (Å²) in [5.74, 6) is -1.22. The van der Waals surface area contributed by atoms with Crippen molar-refractivity contribution < 1.29 is 18.5 Å². The maximum absolute atomic E-state index is 13.7. The number of nitrogens with one attached hydrogen (secondary N) is 1. The number of aromatic nitrogens is 4. The molecule has 4 aromatic rings. The SMILES string of the molecule is Cc1cc(Cn2nc(C)c(NC(=O)c3cc(C(N)=O)c4ccc(F)cc4n3)c2C)on1. The number of nitrogens with zero attached hydrogens (tertiary/aromatic N) is 4. The first kappa shape index (κ1) is 20.2. The van der Waals surface area contributed by atoms with Crippen LogP contribution in [0.4, 0.5) is 10.1 Å². The molecule has 0 aliphatic rings. The van der Waals surface area contributed by atoms with Gasteiger partial charge in [0.1, 0.15) is 18.1 Å². The fourth-order valence-electron chi connectivity index (χ4n) is 3.37. The second-order valence-electron chi connectivity index (χ2n) is 7.17. The first-order valence-corrected chi connectivity index (χ1v) is 9.40. The first-order chi connectivity index (χ1) is 14.7. The Morgan fingerprint density at radius 1 is 1.19 bits per heavy atom. The molecule has 9 nitrogen and oxygen atoms in total. The predicted octanol–water partition coefficient (Wildman–Crippen LogP) is 2.88. The number of primary amides is 1. The monoisotopic (exact) mass is 422 g/mol. The molecular formula is C21H19FN6O3. The summed E-state index contributed by atoms with van der Waals surface area (Å²) in [6.45, 7) is 5.73. The van der Waals surface area contributed by atoms with Crippen molar-refractivity contribution in [1.82, 2.24) is 19.9 Å². The zero-order valence-electron chi connectivity index (χ0n) is 17.1. The highest BCUT2D eigenvalue weighted by atomic mass is 19.1. The highest BCUT2D eigenvalue weighted by Crippen LogP contribution is 2.23. The summed E-state index contributed by atoms with van der Waals surface area (Å²) >= 11 is 0. The number of benzene rings is 1. The van der Waals surface area contributed by atoms with Crippen molar-refractivity contribution in [2.24, 2.45) is 5.73 Å². The first-order valence-electron chi connectivity index (χ1n) is 9.40. The van der Waals surface area contributed by atoms with E-state index in [4.69, 9.17) is 10.3 Å². The Bertz CT molecular complexity index is 1340. The second kappa shape index (κ2) is 7.63. The number of carbonyl (C=O) groups excluding carboxylic acids is 2. The topological polar surface area (TPSA) is 129 Å². The van der Waals surface area contributed by atoms with Gasteiger partial charge < -0.3 is 15.6 Å². The molecular weight excluding hydrogens is 403 g/mol. The van der Waals surface area contributed by atoms with E-state index in [2.05, 4.69) is 20.6 Å². The van der Waals surface area contributed by atoms with Crippen LogP contribution in [0.25, 0.3) is 10.9 Å². The molecule has 4 rings (SSSR count). The van der Waals surface area contributed by atoms with Crippen LogP contribution in [0.15, 0.2) is 34.9 Å². The molecule has 0 atom stereocenters. The predicted molar refractivity (Wildman–Crippen MR) is 110 cm³/mol. The van der Waals surface area contributed by atoms with Gasteiger partial charge in [-0.25, -0.2) is 9.37 Å². The number of halogens is 1. The molecule has 0 radical (unpaired) electrons. The lowest BCUT2D eigenvalue weighted by atomic mass is 10.1. The number of nitrogens with two attached hydrogens (primary N) is 1. The van der Waals surface area contributed by atoms with Gasteiger partial charge in [0.25, 0.3) is 5.91 Å². The average Bonchev–Trinajstić information content (AvgIpc) is 3.24. The molecule has 0 saturated heterocycles. The summed E-state index contributed by atoms with van der Waals surface area (Å²) in [6, 6.07) is 6.85. The number of pyridine rings is 1. The van der Waals surface area contributed by atoms with Crippen molar-refractivity contribution >= 4 is 28.4 Å². The van der Waals surface area contributed by atoms with Crippen LogP contribution in [0, 0.1) is 26.6 Å². The van der Waals surface area contributed by atoms with Gasteiger partial charge in [-0.3, -0.25) is 14.3 Å². The van der Waals surface area contributed by atoms with Gasteiger partial charge in [0, 0.05) is 17.5 Å². The number of aryl methyl sites for hydroxylation is 2. The molecule has 31 heavy (non-hydrogen) atoms. The highest BCUT2D eigenvalue weighted by Gasteiger charge is 2.20. The molecule has 158 valence electrons. The number of carbonyl (C=O) groups is 2. The summed E-state index contributed by atoms with van der Waals surface area (Å²) in [4.78, 5) is 29.0. The minimum absolute atomic E-state index is 0.0655. The number of hydrogen-bond acceptors (Lipinski definition) is 6. The molecule has 0 bridgehead atoms. The molecule has 3 N–H and O–H groups in total.